The number of nitrogens with zero attached hydrogens (tertiary/aromatic N) is 2. The Kier molecular flexibility index (Phi) is 5.38. The second kappa shape index (κ2) is 7.26. The van der Waals surface area contributed by atoms with Gasteiger partial charge >= 0.3 is 6.03 Å². The number of aromatic nitrogens is 1. The average molecular weight is 319 g/mol. The van der Waals surface area contributed by atoms with Gasteiger partial charge in [0.05, 0.1) is 23.9 Å². The van der Waals surface area contributed by atoms with E-state index >= 15 is 0 Å². The molecule has 0 saturated heterocycles. The summed E-state index contributed by atoms with van der Waals surface area (Å²) in [5.74, 6) is 0.840. The fraction of sp³-hybridized carbons (Fsp3) is 0.375. The maximum absolute atomic E-state index is 12.2. The molecule has 22 heavy (non-hydrogen) atoms. The lowest BCUT2D eigenvalue weighted by Gasteiger charge is -2.17. The lowest BCUT2D eigenvalue weighted by Crippen LogP contribution is -2.31. The van der Waals surface area contributed by atoms with Crippen LogP contribution in [0.5, 0.6) is 5.75 Å². The van der Waals surface area contributed by atoms with E-state index in [1.807, 2.05) is 44.4 Å². The number of benzene rings is 1. The zero-order valence-electron chi connectivity index (χ0n) is 13.3. The molecule has 0 saturated carbocycles. The highest BCUT2D eigenvalue weighted by Gasteiger charge is 2.11. The fourth-order valence-corrected chi connectivity index (χ4v) is 2.66. The Balaban J connectivity index is 1.97. The van der Waals surface area contributed by atoms with Gasteiger partial charge in [0.2, 0.25) is 0 Å². The van der Waals surface area contributed by atoms with Gasteiger partial charge in [0.25, 0.3) is 0 Å². The molecule has 0 unspecified atom stereocenters. The molecule has 2 rings (SSSR count). The van der Waals surface area contributed by atoms with Crippen molar-refractivity contribution in [2.45, 2.75) is 27.3 Å². The van der Waals surface area contributed by atoms with E-state index < -0.39 is 0 Å². The molecule has 2 amide bonds. The summed E-state index contributed by atoms with van der Waals surface area (Å²) in [6, 6.07) is 5.47. The minimum atomic E-state index is -0.158. The van der Waals surface area contributed by atoms with Crippen molar-refractivity contribution < 1.29 is 9.53 Å². The van der Waals surface area contributed by atoms with E-state index in [0.29, 0.717) is 13.2 Å². The number of nitrogens with one attached hydrogen (secondary N) is 1. The van der Waals surface area contributed by atoms with Crippen LogP contribution in [0.25, 0.3) is 0 Å². The van der Waals surface area contributed by atoms with E-state index in [1.165, 1.54) is 0 Å². The smallest absolute Gasteiger partial charge is 0.321 e. The van der Waals surface area contributed by atoms with Crippen molar-refractivity contribution >= 4 is 23.1 Å². The van der Waals surface area contributed by atoms with Gasteiger partial charge in [-0.25, -0.2) is 9.78 Å². The van der Waals surface area contributed by atoms with Crippen LogP contribution in [0.3, 0.4) is 0 Å². The minimum Gasteiger partial charge on any atom is -0.494 e. The number of amides is 2. The molecule has 0 fully saturated rings. The van der Waals surface area contributed by atoms with E-state index in [4.69, 9.17) is 4.74 Å². The Labute approximate surface area is 134 Å². The minimum absolute atomic E-state index is 0.158. The summed E-state index contributed by atoms with van der Waals surface area (Å²) >= 11 is 1.59. The second-order valence-electron chi connectivity index (χ2n) is 5.06. The van der Waals surface area contributed by atoms with Crippen molar-refractivity contribution in [1.29, 1.82) is 0 Å². The third-order valence-electron chi connectivity index (χ3n) is 3.14. The average Bonchev–Trinajstić information content (AvgIpc) is 2.87. The van der Waals surface area contributed by atoms with Crippen molar-refractivity contribution in [3.63, 3.8) is 0 Å². The maximum atomic E-state index is 12.2. The van der Waals surface area contributed by atoms with Gasteiger partial charge < -0.3 is 15.0 Å². The second-order valence-corrected chi connectivity index (χ2v) is 6.12. The zero-order valence-corrected chi connectivity index (χ0v) is 14.2. The lowest BCUT2D eigenvalue weighted by molar-refractivity contribution is 0.220. The fourth-order valence-electron chi connectivity index (χ4n) is 2.06. The van der Waals surface area contributed by atoms with Gasteiger partial charge in [-0.15, -0.1) is 11.3 Å². The first kappa shape index (κ1) is 16.3. The molecule has 0 aliphatic carbocycles. The number of anilines is 1. The summed E-state index contributed by atoms with van der Waals surface area (Å²) in [6.45, 7) is 6.98. The molecular formula is C16H21N3O2S. The summed E-state index contributed by atoms with van der Waals surface area (Å²) < 4.78 is 5.50. The zero-order chi connectivity index (χ0) is 16.1. The number of carbonyl (C=O) groups excluding carboxylic acids is 1. The van der Waals surface area contributed by atoms with Crippen molar-refractivity contribution in [3.05, 3.63) is 39.8 Å². The van der Waals surface area contributed by atoms with Crippen LogP contribution < -0.4 is 10.1 Å². The molecule has 1 aromatic heterocycles. The quantitative estimate of drug-likeness (QED) is 0.911. The highest BCUT2D eigenvalue weighted by Crippen LogP contribution is 2.22. The number of urea groups is 1. The number of thiazole rings is 1. The Morgan fingerprint density at radius 3 is 2.77 bits per heavy atom. The molecule has 0 atom stereocenters. The standard InChI is InChI=1S/C16H21N3O2S/c1-5-21-15-7-6-13(8-11(15)2)18-16(20)19(4)9-14-10-22-12(3)17-14/h6-8,10H,5,9H2,1-4H3,(H,18,20). The Hall–Kier alpha value is -2.08. The number of hydrogen-bond donors (Lipinski definition) is 1. The summed E-state index contributed by atoms with van der Waals surface area (Å²) in [5, 5.41) is 5.86. The molecule has 5 nitrogen and oxygen atoms in total. The van der Waals surface area contributed by atoms with Crippen molar-refractivity contribution in [2.75, 3.05) is 19.0 Å². The first-order chi connectivity index (χ1) is 10.5. The van der Waals surface area contributed by atoms with Crippen molar-refractivity contribution in [3.8, 4) is 5.75 Å². The normalized spacial score (nSPS) is 10.4. The number of hydrogen-bond acceptors (Lipinski definition) is 4. The molecule has 1 heterocycles. The molecule has 0 aliphatic heterocycles. The largest absolute Gasteiger partial charge is 0.494 e. The van der Waals surface area contributed by atoms with Crippen LogP contribution in [0.4, 0.5) is 10.5 Å². The molecular weight excluding hydrogens is 298 g/mol. The Morgan fingerprint density at radius 1 is 1.41 bits per heavy atom. The van der Waals surface area contributed by atoms with Crippen LogP contribution in [-0.2, 0) is 6.54 Å². The number of rotatable bonds is 5. The first-order valence-electron chi connectivity index (χ1n) is 7.16. The van der Waals surface area contributed by atoms with E-state index in [9.17, 15) is 4.79 Å². The van der Waals surface area contributed by atoms with Crippen LogP contribution in [0.2, 0.25) is 0 Å². The van der Waals surface area contributed by atoms with Crippen molar-refractivity contribution in [1.82, 2.24) is 9.88 Å². The summed E-state index contributed by atoms with van der Waals surface area (Å²) in [4.78, 5) is 18.2. The van der Waals surface area contributed by atoms with Gasteiger partial charge in [0.15, 0.2) is 0 Å². The van der Waals surface area contributed by atoms with Gasteiger partial charge in [-0.05, 0) is 44.5 Å². The molecule has 0 spiro atoms. The summed E-state index contributed by atoms with van der Waals surface area (Å²) in [7, 11) is 1.76. The van der Waals surface area contributed by atoms with Crippen LogP contribution in [0.1, 0.15) is 23.2 Å². The van der Waals surface area contributed by atoms with E-state index in [1.54, 1.807) is 23.3 Å². The van der Waals surface area contributed by atoms with Crippen LogP contribution in [-0.4, -0.2) is 29.6 Å². The Bertz CT molecular complexity index is 655. The molecule has 118 valence electrons. The van der Waals surface area contributed by atoms with Crippen LogP contribution in [0.15, 0.2) is 23.6 Å². The maximum Gasteiger partial charge on any atom is 0.321 e. The molecule has 0 bridgehead atoms. The lowest BCUT2D eigenvalue weighted by atomic mass is 10.2. The van der Waals surface area contributed by atoms with E-state index in [0.717, 1.165) is 27.7 Å². The van der Waals surface area contributed by atoms with E-state index in [2.05, 4.69) is 10.3 Å². The van der Waals surface area contributed by atoms with Gasteiger partial charge in [-0.1, -0.05) is 0 Å². The molecule has 0 radical (unpaired) electrons. The molecule has 2 aromatic rings. The predicted molar refractivity (Wildman–Crippen MR) is 89.7 cm³/mol. The topological polar surface area (TPSA) is 54.5 Å². The summed E-state index contributed by atoms with van der Waals surface area (Å²) in [6.07, 6.45) is 0. The molecule has 1 aromatic carbocycles. The highest BCUT2D eigenvalue weighted by molar-refractivity contribution is 7.09. The van der Waals surface area contributed by atoms with Crippen LogP contribution in [0, 0.1) is 13.8 Å². The number of carbonyl (C=O) groups is 1. The SMILES string of the molecule is CCOc1ccc(NC(=O)N(C)Cc2csc(C)n2)cc1C. The monoisotopic (exact) mass is 319 g/mol. The van der Waals surface area contributed by atoms with E-state index in [-0.39, 0.29) is 6.03 Å². The summed E-state index contributed by atoms with van der Waals surface area (Å²) in [5.41, 5.74) is 2.66. The Morgan fingerprint density at radius 2 is 2.18 bits per heavy atom. The molecule has 1 N–H and O–H groups in total. The molecule has 6 heteroatoms. The van der Waals surface area contributed by atoms with Crippen LogP contribution >= 0.6 is 11.3 Å². The van der Waals surface area contributed by atoms with Crippen molar-refractivity contribution in [2.24, 2.45) is 0 Å². The van der Waals surface area contributed by atoms with Gasteiger partial charge in [-0.2, -0.15) is 0 Å². The highest BCUT2D eigenvalue weighted by atomic mass is 32.1. The number of aryl methyl sites for hydroxylation is 2. The predicted octanol–water partition coefficient (Wildman–Crippen LogP) is 3.82. The number of ether oxygens (including phenoxy) is 1. The first-order valence-corrected chi connectivity index (χ1v) is 8.04. The van der Waals surface area contributed by atoms with Gasteiger partial charge in [-0.3, -0.25) is 0 Å². The van der Waals surface area contributed by atoms with Gasteiger partial charge in [0, 0.05) is 18.1 Å². The molecule has 0 aliphatic rings. The third-order valence-corrected chi connectivity index (χ3v) is 3.96. The van der Waals surface area contributed by atoms with Gasteiger partial charge in [0.1, 0.15) is 5.75 Å². The third kappa shape index (κ3) is 4.21.